The van der Waals surface area contributed by atoms with E-state index in [1.807, 2.05) is 42.5 Å². The summed E-state index contributed by atoms with van der Waals surface area (Å²) in [5, 5.41) is 14.1. The highest BCUT2D eigenvalue weighted by atomic mass is 35.5. The van der Waals surface area contributed by atoms with Crippen molar-refractivity contribution in [3.05, 3.63) is 42.5 Å². The Balaban J connectivity index is 0.00000288. The van der Waals surface area contributed by atoms with E-state index in [1.54, 1.807) is 0 Å². The van der Waals surface area contributed by atoms with Gasteiger partial charge >= 0.3 is 0 Å². The second-order valence-electron chi connectivity index (χ2n) is 4.95. The molecule has 0 aliphatic heterocycles. The predicted molar refractivity (Wildman–Crippen MR) is 96.1 cm³/mol. The Bertz CT molecular complexity index is 610. The Morgan fingerprint density at radius 2 is 1.92 bits per heavy atom. The zero-order valence-corrected chi connectivity index (χ0v) is 14.3. The van der Waals surface area contributed by atoms with E-state index in [1.165, 1.54) is 7.11 Å². The lowest BCUT2D eigenvalue weighted by Gasteiger charge is -2.11. The molecule has 0 saturated heterocycles. The van der Waals surface area contributed by atoms with Crippen molar-refractivity contribution >= 4 is 24.1 Å². The normalized spacial score (nSPS) is 11.2. The highest BCUT2D eigenvalue weighted by Crippen LogP contribution is 2.15. The summed E-state index contributed by atoms with van der Waals surface area (Å²) in [6.07, 6.45) is 0. The number of nitrogens with one attached hydrogen (secondary N) is 2. The van der Waals surface area contributed by atoms with Crippen molar-refractivity contribution in [2.45, 2.75) is 6.04 Å². The predicted octanol–water partition coefficient (Wildman–Crippen LogP) is 1.07. The van der Waals surface area contributed by atoms with Gasteiger partial charge in [0.2, 0.25) is 5.91 Å². The molecule has 1 amide bonds. The average molecular weight is 352 g/mol. The van der Waals surface area contributed by atoms with Crippen LogP contribution in [-0.2, 0) is 9.53 Å². The first-order valence-electron chi connectivity index (χ1n) is 7.36. The van der Waals surface area contributed by atoms with Gasteiger partial charge < -0.3 is 21.1 Å². The first-order chi connectivity index (χ1) is 11.2. The lowest BCUT2D eigenvalue weighted by Crippen LogP contribution is -2.44. The number of methoxy groups -OCH3 is 1. The standard InChI is InChI=1S/C16H21N5O2.ClH/c1-23-11-13(17)16(22)19-10-9-18-15-8-7-14(20-21-15)12-5-3-2-4-6-12;/h2-8,13H,9-11,17H2,1H3,(H,18,21)(H,19,22);1H. The van der Waals surface area contributed by atoms with Gasteiger partial charge in [-0.25, -0.2) is 0 Å². The van der Waals surface area contributed by atoms with Gasteiger partial charge in [-0.3, -0.25) is 4.79 Å². The number of hydrogen-bond acceptors (Lipinski definition) is 6. The molecule has 130 valence electrons. The molecule has 0 radical (unpaired) electrons. The third kappa shape index (κ3) is 6.11. The van der Waals surface area contributed by atoms with Crippen molar-refractivity contribution in [1.29, 1.82) is 0 Å². The van der Waals surface area contributed by atoms with Crippen LogP contribution in [0.25, 0.3) is 11.3 Å². The summed E-state index contributed by atoms with van der Waals surface area (Å²) in [5.41, 5.74) is 7.45. The maximum absolute atomic E-state index is 11.6. The first-order valence-corrected chi connectivity index (χ1v) is 7.36. The third-order valence-corrected chi connectivity index (χ3v) is 3.15. The lowest BCUT2D eigenvalue weighted by molar-refractivity contribution is -0.123. The number of ether oxygens (including phenoxy) is 1. The second kappa shape index (κ2) is 10.5. The molecule has 0 spiro atoms. The molecule has 2 rings (SSSR count). The van der Waals surface area contributed by atoms with Crippen LogP contribution in [0.4, 0.5) is 5.82 Å². The Morgan fingerprint density at radius 1 is 1.17 bits per heavy atom. The number of halogens is 1. The molecule has 24 heavy (non-hydrogen) atoms. The number of hydrogen-bond donors (Lipinski definition) is 3. The largest absolute Gasteiger partial charge is 0.383 e. The number of anilines is 1. The van der Waals surface area contributed by atoms with E-state index in [4.69, 9.17) is 10.5 Å². The molecule has 1 atom stereocenters. The van der Waals surface area contributed by atoms with Gasteiger partial charge in [0.15, 0.2) is 0 Å². The van der Waals surface area contributed by atoms with Crippen molar-refractivity contribution in [2.75, 3.05) is 32.1 Å². The number of nitrogens with two attached hydrogens (primary N) is 1. The zero-order valence-electron chi connectivity index (χ0n) is 13.4. The zero-order chi connectivity index (χ0) is 16.5. The van der Waals surface area contributed by atoms with Crippen molar-refractivity contribution in [3.8, 4) is 11.3 Å². The molecule has 0 aliphatic carbocycles. The van der Waals surface area contributed by atoms with Crippen molar-refractivity contribution in [2.24, 2.45) is 5.73 Å². The second-order valence-corrected chi connectivity index (χ2v) is 4.95. The highest BCUT2D eigenvalue weighted by Gasteiger charge is 2.11. The number of carbonyl (C=O) groups excluding carboxylic acids is 1. The fraction of sp³-hybridized carbons (Fsp3) is 0.312. The quantitative estimate of drug-likeness (QED) is 0.615. The molecular formula is C16H22ClN5O2. The fourth-order valence-electron chi connectivity index (χ4n) is 1.95. The Labute approximate surface area is 147 Å². The molecule has 1 unspecified atom stereocenters. The van der Waals surface area contributed by atoms with Crippen LogP contribution in [0.5, 0.6) is 0 Å². The van der Waals surface area contributed by atoms with Gasteiger partial charge in [0, 0.05) is 25.8 Å². The minimum absolute atomic E-state index is 0. The molecular weight excluding hydrogens is 330 g/mol. The van der Waals surface area contributed by atoms with Crippen LogP contribution in [0, 0.1) is 0 Å². The van der Waals surface area contributed by atoms with Crippen LogP contribution in [0.3, 0.4) is 0 Å². The molecule has 0 aliphatic rings. The van der Waals surface area contributed by atoms with E-state index in [0.29, 0.717) is 18.9 Å². The summed E-state index contributed by atoms with van der Waals surface area (Å²) < 4.78 is 4.83. The summed E-state index contributed by atoms with van der Waals surface area (Å²) in [6, 6.07) is 12.9. The van der Waals surface area contributed by atoms with Crippen molar-refractivity contribution < 1.29 is 9.53 Å². The van der Waals surface area contributed by atoms with Crippen LogP contribution < -0.4 is 16.4 Å². The molecule has 0 bridgehead atoms. The van der Waals surface area contributed by atoms with Gasteiger partial charge in [-0.2, -0.15) is 0 Å². The Morgan fingerprint density at radius 3 is 2.54 bits per heavy atom. The molecule has 0 saturated carbocycles. The summed E-state index contributed by atoms with van der Waals surface area (Å²) in [4.78, 5) is 11.6. The van der Waals surface area contributed by atoms with Gasteiger partial charge in [-0.05, 0) is 12.1 Å². The lowest BCUT2D eigenvalue weighted by atomic mass is 10.1. The molecule has 1 aromatic heterocycles. The summed E-state index contributed by atoms with van der Waals surface area (Å²) >= 11 is 0. The van der Waals surface area contributed by atoms with Gasteiger partial charge in [0.1, 0.15) is 11.9 Å². The maximum atomic E-state index is 11.6. The van der Waals surface area contributed by atoms with Crippen molar-refractivity contribution in [3.63, 3.8) is 0 Å². The van der Waals surface area contributed by atoms with E-state index in [2.05, 4.69) is 20.8 Å². The molecule has 7 nitrogen and oxygen atoms in total. The number of amides is 1. The highest BCUT2D eigenvalue weighted by molar-refractivity contribution is 5.85. The van der Waals surface area contributed by atoms with Gasteiger partial charge in [-0.1, -0.05) is 30.3 Å². The summed E-state index contributed by atoms with van der Waals surface area (Å²) in [5.74, 6) is 0.416. The summed E-state index contributed by atoms with van der Waals surface area (Å²) in [7, 11) is 1.51. The number of benzene rings is 1. The van der Waals surface area contributed by atoms with Gasteiger partial charge in [-0.15, -0.1) is 22.6 Å². The van der Waals surface area contributed by atoms with E-state index < -0.39 is 6.04 Å². The average Bonchev–Trinajstić information content (AvgIpc) is 2.60. The monoisotopic (exact) mass is 351 g/mol. The Kier molecular flexibility index (Phi) is 8.70. The molecule has 8 heteroatoms. The van der Waals surface area contributed by atoms with E-state index in [9.17, 15) is 4.79 Å². The fourth-order valence-corrected chi connectivity index (χ4v) is 1.95. The van der Waals surface area contributed by atoms with Crippen LogP contribution >= 0.6 is 12.4 Å². The van der Waals surface area contributed by atoms with Crippen LogP contribution in [0.2, 0.25) is 0 Å². The minimum Gasteiger partial charge on any atom is -0.383 e. The van der Waals surface area contributed by atoms with Crippen LogP contribution in [0.1, 0.15) is 0 Å². The number of carbonyl (C=O) groups is 1. The number of rotatable bonds is 8. The minimum atomic E-state index is -0.648. The third-order valence-electron chi connectivity index (χ3n) is 3.15. The number of aromatic nitrogens is 2. The molecule has 0 fully saturated rings. The van der Waals surface area contributed by atoms with Crippen molar-refractivity contribution in [1.82, 2.24) is 15.5 Å². The Hall–Kier alpha value is -2.22. The van der Waals surface area contributed by atoms with E-state index in [-0.39, 0.29) is 24.9 Å². The smallest absolute Gasteiger partial charge is 0.239 e. The molecule has 1 aromatic carbocycles. The molecule has 1 heterocycles. The van der Waals surface area contributed by atoms with Crippen LogP contribution in [-0.4, -0.2) is 49.0 Å². The first kappa shape index (κ1) is 19.8. The van der Waals surface area contributed by atoms with Gasteiger partial charge in [0.05, 0.1) is 12.3 Å². The van der Waals surface area contributed by atoms with Gasteiger partial charge in [0.25, 0.3) is 0 Å². The van der Waals surface area contributed by atoms with E-state index in [0.717, 1.165) is 11.3 Å². The topological polar surface area (TPSA) is 102 Å². The molecule has 4 N–H and O–H groups in total. The van der Waals surface area contributed by atoms with E-state index >= 15 is 0 Å². The summed E-state index contributed by atoms with van der Waals surface area (Å²) in [6.45, 7) is 1.18. The number of nitrogens with zero attached hydrogens (tertiary/aromatic N) is 2. The SMILES string of the molecule is COCC(N)C(=O)NCCNc1ccc(-c2ccccc2)nn1.Cl. The maximum Gasteiger partial charge on any atom is 0.239 e. The van der Waals surface area contributed by atoms with Crippen LogP contribution in [0.15, 0.2) is 42.5 Å². The molecule has 2 aromatic rings.